The van der Waals surface area contributed by atoms with Crippen molar-refractivity contribution in [2.24, 2.45) is 0 Å². The summed E-state index contributed by atoms with van der Waals surface area (Å²) in [4.78, 5) is 5.33. The molecule has 0 aliphatic rings. The SMILES string of the molecule is CC(CO)(Cc1cccnc1)c1cccs1. The van der Waals surface area contributed by atoms with Gasteiger partial charge in [-0.2, -0.15) is 0 Å². The summed E-state index contributed by atoms with van der Waals surface area (Å²) < 4.78 is 0. The molecular formula is C13H15NOS. The first-order valence-corrected chi connectivity index (χ1v) is 6.16. The third-order valence-corrected chi connectivity index (χ3v) is 3.96. The summed E-state index contributed by atoms with van der Waals surface area (Å²) in [5.74, 6) is 0. The monoisotopic (exact) mass is 233 g/mol. The van der Waals surface area contributed by atoms with Crippen LogP contribution in [0.4, 0.5) is 0 Å². The first-order chi connectivity index (χ1) is 7.74. The molecule has 1 unspecified atom stereocenters. The summed E-state index contributed by atoms with van der Waals surface area (Å²) in [6.07, 6.45) is 4.45. The predicted octanol–water partition coefficient (Wildman–Crippen LogP) is 2.64. The second kappa shape index (κ2) is 4.76. The first kappa shape index (κ1) is 11.3. The van der Waals surface area contributed by atoms with Crippen LogP contribution in [0.3, 0.4) is 0 Å². The van der Waals surface area contributed by atoms with E-state index in [1.54, 1.807) is 17.5 Å². The maximum Gasteiger partial charge on any atom is 0.0536 e. The van der Waals surface area contributed by atoms with Crippen LogP contribution in [0.25, 0.3) is 0 Å². The van der Waals surface area contributed by atoms with Crippen LogP contribution in [0.5, 0.6) is 0 Å². The Kier molecular flexibility index (Phi) is 3.36. The fourth-order valence-corrected chi connectivity index (χ4v) is 2.68. The lowest BCUT2D eigenvalue weighted by Crippen LogP contribution is -2.28. The Hall–Kier alpha value is -1.19. The summed E-state index contributed by atoms with van der Waals surface area (Å²) in [6.45, 7) is 2.24. The van der Waals surface area contributed by atoms with E-state index in [9.17, 15) is 5.11 Å². The molecule has 1 N–H and O–H groups in total. The molecule has 0 fully saturated rings. The number of aliphatic hydroxyl groups excluding tert-OH is 1. The van der Waals surface area contributed by atoms with E-state index in [-0.39, 0.29) is 12.0 Å². The predicted molar refractivity (Wildman–Crippen MR) is 66.7 cm³/mol. The Balaban J connectivity index is 2.23. The molecule has 2 heterocycles. The number of rotatable bonds is 4. The van der Waals surface area contributed by atoms with Gasteiger partial charge in [0, 0.05) is 22.7 Å². The molecule has 1 atom stereocenters. The highest BCUT2D eigenvalue weighted by Crippen LogP contribution is 2.30. The van der Waals surface area contributed by atoms with Crippen LogP contribution in [0, 0.1) is 0 Å². The van der Waals surface area contributed by atoms with Gasteiger partial charge in [0.25, 0.3) is 0 Å². The molecule has 2 aromatic rings. The molecule has 2 nitrogen and oxygen atoms in total. The van der Waals surface area contributed by atoms with E-state index in [2.05, 4.69) is 24.0 Å². The van der Waals surface area contributed by atoms with Crippen molar-refractivity contribution in [1.82, 2.24) is 4.98 Å². The fraction of sp³-hybridized carbons (Fsp3) is 0.308. The van der Waals surface area contributed by atoms with Crippen LogP contribution in [0.1, 0.15) is 17.4 Å². The number of thiophene rings is 1. The molecular weight excluding hydrogens is 218 g/mol. The molecule has 0 aliphatic heterocycles. The normalized spacial score (nSPS) is 14.6. The Morgan fingerprint density at radius 3 is 2.81 bits per heavy atom. The summed E-state index contributed by atoms with van der Waals surface area (Å²) in [5.41, 5.74) is 0.962. The quantitative estimate of drug-likeness (QED) is 0.880. The molecule has 3 heteroatoms. The van der Waals surface area contributed by atoms with Gasteiger partial charge in [0.05, 0.1) is 6.61 Å². The van der Waals surface area contributed by atoms with Gasteiger partial charge in [-0.15, -0.1) is 11.3 Å². The van der Waals surface area contributed by atoms with Crippen LogP contribution in [-0.2, 0) is 11.8 Å². The molecule has 0 saturated carbocycles. The largest absolute Gasteiger partial charge is 0.395 e. The minimum absolute atomic E-state index is 0.155. The van der Waals surface area contributed by atoms with Gasteiger partial charge in [0.15, 0.2) is 0 Å². The third kappa shape index (κ3) is 2.31. The van der Waals surface area contributed by atoms with Crippen LogP contribution in [-0.4, -0.2) is 16.7 Å². The Morgan fingerprint density at radius 1 is 1.38 bits per heavy atom. The van der Waals surface area contributed by atoms with E-state index in [4.69, 9.17) is 0 Å². The van der Waals surface area contributed by atoms with E-state index in [0.717, 1.165) is 12.0 Å². The van der Waals surface area contributed by atoms with Gasteiger partial charge in [-0.05, 0) is 29.5 Å². The van der Waals surface area contributed by atoms with Crippen molar-refractivity contribution in [2.45, 2.75) is 18.8 Å². The molecule has 0 radical (unpaired) electrons. The van der Waals surface area contributed by atoms with Gasteiger partial charge in [-0.3, -0.25) is 4.98 Å². The molecule has 0 bridgehead atoms. The van der Waals surface area contributed by atoms with Crippen molar-refractivity contribution in [2.75, 3.05) is 6.61 Å². The highest BCUT2D eigenvalue weighted by molar-refractivity contribution is 7.10. The second-order valence-electron chi connectivity index (χ2n) is 4.23. The van der Waals surface area contributed by atoms with E-state index < -0.39 is 0 Å². The molecule has 0 spiro atoms. The zero-order valence-corrected chi connectivity index (χ0v) is 10.1. The van der Waals surface area contributed by atoms with Crippen molar-refractivity contribution in [3.63, 3.8) is 0 Å². The lowest BCUT2D eigenvalue weighted by atomic mass is 9.83. The van der Waals surface area contributed by atoms with Gasteiger partial charge >= 0.3 is 0 Å². The van der Waals surface area contributed by atoms with Crippen LogP contribution >= 0.6 is 11.3 Å². The minimum Gasteiger partial charge on any atom is -0.395 e. The van der Waals surface area contributed by atoms with Crippen molar-refractivity contribution in [1.29, 1.82) is 0 Å². The van der Waals surface area contributed by atoms with Crippen LogP contribution in [0.15, 0.2) is 42.0 Å². The van der Waals surface area contributed by atoms with Crippen molar-refractivity contribution in [3.05, 3.63) is 52.5 Å². The van der Waals surface area contributed by atoms with E-state index >= 15 is 0 Å². The molecule has 0 aliphatic carbocycles. The highest BCUT2D eigenvalue weighted by atomic mass is 32.1. The molecule has 0 amide bonds. The fourth-order valence-electron chi connectivity index (χ4n) is 1.80. The summed E-state index contributed by atoms with van der Waals surface area (Å²) in [5, 5.41) is 11.7. The average molecular weight is 233 g/mol. The van der Waals surface area contributed by atoms with Crippen LogP contribution in [0.2, 0.25) is 0 Å². The number of aromatic nitrogens is 1. The van der Waals surface area contributed by atoms with Gasteiger partial charge in [0.2, 0.25) is 0 Å². The second-order valence-corrected chi connectivity index (χ2v) is 5.18. The van der Waals surface area contributed by atoms with Gasteiger partial charge in [0.1, 0.15) is 0 Å². The third-order valence-electron chi connectivity index (χ3n) is 2.78. The van der Waals surface area contributed by atoms with Gasteiger partial charge in [-0.25, -0.2) is 0 Å². The molecule has 16 heavy (non-hydrogen) atoms. The van der Waals surface area contributed by atoms with E-state index in [1.165, 1.54) is 4.88 Å². The zero-order valence-electron chi connectivity index (χ0n) is 9.26. The molecule has 0 saturated heterocycles. The number of hydrogen-bond acceptors (Lipinski definition) is 3. The van der Waals surface area contributed by atoms with Crippen LogP contribution < -0.4 is 0 Å². The Morgan fingerprint density at radius 2 is 2.25 bits per heavy atom. The Bertz CT molecular complexity index is 426. The standard InChI is InChI=1S/C13H15NOS/c1-13(10-15,12-5-3-7-16-12)8-11-4-2-6-14-9-11/h2-7,9,15H,8,10H2,1H3. The summed E-state index contributed by atoms with van der Waals surface area (Å²) in [6, 6.07) is 8.09. The molecule has 84 valence electrons. The van der Waals surface area contributed by atoms with E-state index in [1.807, 2.05) is 23.7 Å². The van der Waals surface area contributed by atoms with Crippen molar-refractivity contribution in [3.8, 4) is 0 Å². The highest BCUT2D eigenvalue weighted by Gasteiger charge is 2.27. The average Bonchev–Trinajstić information content (AvgIpc) is 2.84. The lowest BCUT2D eigenvalue weighted by Gasteiger charge is -2.26. The topological polar surface area (TPSA) is 33.1 Å². The minimum atomic E-state index is -0.197. The maximum absolute atomic E-state index is 9.60. The van der Waals surface area contributed by atoms with Gasteiger partial charge < -0.3 is 5.11 Å². The number of pyridine rings is 1. The van der Waals surface area contributed by atoms with Gasteiger partial charge in [-0.1, -0.05) is 19.1 Å². The van der Waals surface area contributed by atoms with Crippen molar-refractivity contribution >= 4 is 11.3 Å². The van der Waals surface area contributed by atoms with E-state index in [0.29, 0.717) is 0 Å². The molecule has 2 aromatic heterocycles. The Labute approximate surface area is 99.6 Å². The summed E-state index contributed by atoms with van der Waals surface area (Å²) >= 11 is 1.69. The number of hydrogen-bond donors (Lipinski definition) is 1. The smallest absolute Gasteiger partial charge is 0.0536 e. The first-order valence-electron chi connectivity index (χ1n) is 5.28. The lowest BCUT2D eigenvalue weighted by molar-refractivity contribution is 0.207. The number of aliphatic hydroxyl groups is 1. The molecule has 0 aromatic carbocycles. The number of nitrogens with zero attached hydrogens (tertiary/aromatic N) is 1. The maximum atomic E-state index is 9.60. The summed E-state index contributed by atoms with van der Waals surface area (Å²) in [7, 11) is 0. The molecule has 2 rings (SSSR count). The van der Waals surface area contributed by atoms with Crippen molar-refractivity contribution < 1.29 is 5.11 Å². The zero-order chi connectivity index (χ0) is 11.4.